The number of rotatable bonds is 6. The van der Waals surface area contributed by atoms with Crippen LogP contribution >= 0.6 is 0 Å². The zero-order valence-electron chi connectivity index (χ0n) is 16.0. The number of aromatic hydroxyl groups is 1. The van der Waals surface area contributed by atoms with Crippen LogP contribution < -0.4 is 14.8 Å². The first-order valence-corrected chi connectivity index (χ1v) is 9.01. The molecule has 7 heteroatoms. The summed E-state index contributed by atoms with van der Waals surface area (Å²) >= 11 is 0. The van der Waals surface area contributed by atoms with Crippen LogP contribution in [0.2, 0.25) is 0 Å². The number of hydrogen-bond donors (Lipinski definition) is 3. The highest BCUT2D eigenvalue weighted by Gasteiger charge is 2.21. The Balaban J connectivity index is 1.92. The Bertz CT molecular complexity index is 1070. The molecule has 0 bridgehead atoms. The number of benzene rings is 2. The molecule has 4 aromatic rings. The number of nitrogens with one attached hydrogen (secondary N) is 2. The molecule has 0 saturated heterocycles. The zero-order valence-corrected chi connectivity index (χ0v) is 16.0. The highest BCUT2D eigenvalue weighted by atomic mass is 16.5. The van der Waals surface area contributed by atoms with E-state index in [0.717, 1.165) is 22.5 Å². The second-order valence-electron chi connectivity index (χ2n) is 6.31. The second kappa shape index (κ2) is 7.19. The summed E-state index contributed by atoms with van der Waals surface area (Å²) in [4.78, 5) is 7.93. The van der Waals surface area contributed by atoms with Crippen molar-refractivity contribution in [2.24, 2.45) is 0 Å². The lowest BCUT2D eigenvalue weighted by Gasteiger charge is -2.14. The van der Waals surface area contributed by atoms with Gasteiger partial charge in [-0.2, -0.15) is 0 Å². The van der Waals surface area contributed by atoms with Crippen molar-refractivity contribution in [2.75, 3.05) is 26.1 Å². The number of anilines is 1. The summed E-state index contributed by atoms with van der Waals surface area (Å²) < 4.78 is 12.6. The van der Waals surface area contributed by atoms with E-state index in [1.54, 1.807) is 26.5 Å². The Hall–Kier alpha value is -3.61. The molecule has 4 rings (SSSR count). The molecular formula is C21H22N4O3. The Morgan fingerprint density at radius 2 is 1.82 bits per heavy atom. The predicted octanol–water partition coefficient (Wildman–Crippen LogP) is 4.18. The van der Waals surface area contributed by atoms with E-state index in [2.05, 4.69) is 15.3 Å². The fourth-order valence-electron chi connectivity index (χ4n) is 3.27. The van der Waals surface area contributed by atoms with Crippen molar-refractivity contribution in [1.29, 1.82) is 0 Å². The van der Waals surface area contributed by atoms with Gasteiger partial charge in [0, 0.05) is 24.7 Å². The summed E-state index contributed by atoms with van der Waals surface area (Å²) in [7, 11) is 3.22. The van der Waals surface area contributed by atoms with Crippen LogP contribution in [0.3, 0.4) is 0 Å². The maximum absolute atomic E-state index is 10.7. The van der Waals surface area contributed by atoms with E-state index in [1.807, 2.05) is 47.9 Å². The van der Waals surface area contributed by atoms with Crippen molar-refractivity contribution in [2.45, 2.75) is 6.92 Å². The number of nitrogens with zero attached hydrogens (tertiary/aromatic N) is 2. The van der Waals surface area contributed by atoms with Gasteiger partial charge in [0.1, 0.15) is 34.5 Å². The number of ether oxygens (including phenoxy) is 2. The SMILES string of the molecule is CCNc1c(-c2nc3ccccc3[nH]2)c(O)cn1-c1cc(OC)cc(OC)c1. The van der Waals surface area contributed by atoms with Crippen molar-refractivity contribution >= 4 is 16.9 Å². The van der Waals surface area contributed by atoms with Crippen molar-refractivity contribution in [3.05, 3.63) is 48.7 Å². The minimum Gasteiger partial charge on any atom is -0.505 e. The molecule has 0 amide bonds. The molecule has 2 aromatic heterocycles. The Morgan fingerprint density at radius 1 is 1.11 bits per heavy atom. The first-order chi connectivity index (χ1) is 13.6. The van der Waals surface area contributed by atoms with E-state index < -0.39 is 0 Å². The number of para-hydroxylation sites is 2. The van der Waals surface area contributed by atoms with Gasteiger partial charge in [-0.25, -0.2) is 4.98 Å². The lowest BCUT2D eigenvalue weighted by Crippen LogP contribution is -2.05. The molecule has 0 aliphatic carbocycles. The quantitative estimate of drug-likeness (QED) is 0.469. The third-order valence-corrected chi connectivity index (χ3v) is 4.57. The summed E-state index contributed by atoms with van der Waals surface area (Å²) in [5.74, 6) is 2.78. The van der Waals surface area contributed by atoms with Crippen LogP contribution in [0.15, 0.2) is 48.7 Å². The fourth-order valence-corrected chi connectivity index (χ4v) is 3.27. The molecule has 0 aliphatic rings. The monoisotopic (exact) mass is 378 g/mol. The molecule has 0 unspecified atom stereocenters. The van der Waals surface area contributed by atoms with Crippen LogP contribution in [0, 0.1) is 0 Å². The number of hydrogen-bond acceptors (Lipinski definition) is 5. The number of aromatic amines is 1. The lowest BCUT2D eigenvalue weighted by molar-refractivity contribution is 0.394. The molecule has 28 heavy (non-hydrogen) atoms. The third kappa shape index (κ3) is 3.00. The molecule has 0 spiro atoms. The second-order valence-corrected chi connectivity index (χ2v) is 6.31. The predicted molar refractivity (Wildman–Crippen MR) is 110 cm³/mol. The van der Waals surface area contributed by atoms with Crippen LogP contribution in [0.4, 0.5) is 5.82 Å². The average Bonchev–Trinajstić information content (AvgIpc) is 3.28. The fraction of sp³-hybridized carbons (Fsp3) is 0.190. The minimum absolute atomic E-state index is 0.122. The summed E-state index contributed by atoms with van der Waals surface area (Å²) in [5, 5.41) is 14.1. The highest BCUT2D eigenvalue weighted by molar-refractivity contribution is 5.86. The van der Waals surface area contributed by atoms with Crippen LogP contribution in [0.5, 0.6) is 17.2 Å². The Kier molecular flexibility index (Phi) is 4.57. The third-order valence-electron chi connectivity index (χ3n) is 4.57. The van der Waals surface area contributed by atoms with Crippen molar-refractivity contribution in [3.8, 4) is 34.3 Å². The van der Waals surface area contributed by atoms with Gasteiger partial charge in [-0.15, -0.1) is 0 Å². The number of H-pyrrole nitrogens is 1. The summed E-state index contributed by atoms with van der Waals surface area (Å²) in [6.07, 6.45) is 1.66. The Morgan fingerprint density at radius 3 is 2.46 bits per heavy atom. The van der Waals surface area contributed by atoms with Gasteiger partial charge in [-0.3, -0.25) is 4.57 Å². The summed E-state index contributed by atoms with van der Waals surface area (Å²) in [6.45, 7) is 2.68. The van der Waals surface area contributed by atoms with Crippen molar-refractivity contribution < 1.29 is 14.6 Å². The number of methoxy groups -OCH3 is 2. The number of fused-ring (bicyclic) bond motifs is 1. The van der Waals surface area contributed by atoms with Crippen LogP contribution in [-0.2, 0) is 0 Å². The van der Waals surface area contributed by atoms with Gasteiger partial charge < -0.3 is 24.9 Å². The molecule has 2 heterocycles. The molecule has 0 saturated carbocycles. The minimum atomic E-state index is 0.122. The van der Waals surface area contributed by atoms with Crippen LogP contribution in [-0.4, -0.2) is 40.4 Å². The summed E-state index contributed by atoms with van der Waals surface area (Å²) in [5.41, 5.74) is 3.16. The molecule has 0 radical (unpaired) electrons. The zero-order chi connectivity index (χ0) is 19.7. The van der Waals surface area contributed by atoms with Crippen LogP contribution in [0.25, 0.3) is 28.1 Å². The van der Waals surface area contributed by atoms with Gasteiger partial charge in [-0.05, 0) is 19.1 Å². The van der Waals surface area contributed by atoms with E-state index in [4.69, 9.17) is 9.47 Å². The van der Waals surface area contributed by atoms with Gasteiger partial charge in [0.25, 0.3) is 0 Å². The van der Waals surface area contributed by atoms with Crippen molar-refractivity contribution in [1.82, 2.24) is 14.5 Å². The van der Waals surface area contributed by atoms with Crippen molar-refractivity contribution in [3.63, 3.8) is 0 Å². The maximum Gasteiger partial charge on any atom is 0.146 e. The lowest BCUT2D eigenvalue weighted by atomic mass is 10.2. The Labute approximate surface area is 162 Å². The van der Waals surface area contributed by atoms with Gasteiger partial charge in [0.2, 0.25) is 0 Å². The smallest absolute Gasteiger partial charge is 0.146 e. The molecular weight excluding hydrogens is 356 g/mol. The number of aromatic nitrogens is 3. The summed E-state index contributed by atoms with van der Waals surface area (Å²) in [6, 6.07) is 13.3. The topological polar surface area (TPSA) is 84.3 Å². The first-order valence-electron chi connectivity index (χ1n) is 9.01. The van der Waals surface area contributed by atoms with E-state index in [1.165, 1.54) is 0 Å². The molecule has 0 atom stereocenters. The normalized spacial score (nSPS) is 11.0. The van der Waals surface area contributed by atoms with Gasteiger partial charge >= 0.3 is 0 Å². The molecule has 0 fully saturated rings. The van der Waals surface area contributed by atoms with E-state index >= 15 is 0 Å². The van der Waals surface area contributed by atoms with Gasteiger partial charge in [-0.1, -0.05) is 12.1 Å². The van der Waals surface area contributed by atoms with Gasteiger partial charge in [0.05, 0.1) is 37.1 Å². The highest BCUT2D eigenvalue weighted by Crippen LogP contribution is 2.40. The maximum atomic E-state index is 10.7. The number of imidazole rings is 1. The van der Waals surface area contributed by atoms with E-state index in [9.17, 15) is 5.11 Å². The average molecular weight is 378 g/mol. The van der Waals surface area contributed by atoms with Gasteiger partial charge in [0.15, 0.2) is 0 Å². The standard InChI is InChI=1S/C21H22N4O3/c1-4-22-21-19(20-23-16-7-5-6-8-17(16)24-20)18(26)12-25(21)13-9-14(27-2)11-15(10-13)28-3/h5-12,22,26H,4H2,1-3H3,(H,23,24). The molecule has 144 valence electrons. The molecule has 7 nitrogen and oxygen atoms in total. The first kappa shape index (κ1) is 17.8. The van der Waals surface area contributed by atoms with E-state index in [-0.39, 0.29) is 5.75 Å². The molecule has 2 aromatic carbocycles. The van der Waals surface area contributed by atoms with Crippen LogP contribution in [0.1, 0.15) is 6.92 Å². The molecule has 3 N–H and O–H groups in total. The molecule has 0 aliphatic heterocycles. The largest absolute Gasteiger partial charge is 0.505 e. The van der Waals surface area contributed by atoms with E-state index in [0.29, 0.717) is 29.4 Å².